The lowest BCUT2D eigenvalue weighted by atomic mass is 10.2. The number of benzene rings is 2. The van der Waals surface area contributed by atoms with Gasteiger partial charge < -0.3 is 20.1 Å². The molecule has 2 rings (SSSR count). The molecule has 0 heterocycles. The number of carbonyl (C=O) groups is 2. The van der Waals surface area contributed by atoms with Crippen molar-refractivity contribution in [1.82, 2.24) is 0 Å². The van der Waals surface area contributed by atoms with Gasteiger partial charge in [0.1, 0.15) is 0 Å². The molecule has 0 fully saturated rings. The van der Waals surface area contributed by atoms with E-state index in [1.165, 1.54) is 14.0 Å². The lowest BCUT2D eigenvalue weighted by Crippen LogP contribution is -2.15. The van der Waals surface area contributed by atoms with E-state index in [-0.39, 0.29) is 18.2 Å². The summed E-state index contributed by atoms with van der Waals surface area (Å²) in [6.45, 7) is 1.72. The van der Waals surface area contributed by atoms with Gasteiger partial charge in [-0.1, -0.05) is 15.9 Å². The number of halogens is 1. The Morgan fingerprint density at radius 1 is 1.11 bits per heavy atom. The van der Waals surface area contributed by atoms with Crippen LogP contribution >= 0.6 is 15.9 Å². The van der Waals surface area contributed by atoms with Gasteiger partial charge in [0.2, 0.25) is 11.8 Å². The van der Waals surface area contributed by atoms with E-state index in [2.05, 4.69) is 26.6 Å². The van der Waals surface area contributed by atoms with Crippen molar-refractivity contribution < 1.29 is 19.1 Å². The van der Waals surface area contributed by atoms with Crippen LogP contribution in [0.5, 0.6) is 11.5 Å². The number of nitrogens with zero attached hydrogens (tertiary/aromatic N) is 1. The van der Waals surface area contributed by atoms with Crippen LogP contribution in [0.2, 0.25) is 0 Å². The Balaban J connectivity index is 1.88. The molecule has 0 atom stereocenters. The highest BCUT2D eigenvalue weighted by Gasteiger charge is 2.10. The molecule has 28 heavy (non-hydrogen) atoms. The van der Waals surface area contributed by atoms with Crippen molar-refractivity contribution in [3.8, 4) is 17.6 Å². The summed E-state index contributed by atoms with van der Waals surface area (Å²) >= 11 is 3.35. The second kappa shape index (κ2) is 10.3. The van der Waals surface area contributed by atoms with Gasteiger partial charge in [0.15, 0.2) is 11.5 Å². The summed E-state index contributed by atoms with van der Waals surface area (Å²) in [6, 6.07) is 12.1. The fourth-order valence-electron chi connectivity index (χ4n) is 2.40. The summed E-state index contributed by atoms with van der Waals surface area (Å²) in [4.78, 5) is 23.5. The predicted octanol–water partition coefficient (Wildman–Crippen LogP) is 4.09. The summed E-state index contributed by atoms with van der Waals surface area (Å²) < 4.78 is 11.6. The van der Waals surface area contributed by atoms with Gasteiger partial charge in [-0.05, 0) is 36.8 Å². The molecule has 0 unspecified atom stereocenters. The Labute approximate surface area is 171 Å². The summed E-state index contributed by atoms with van der Waals surface area (Å²) in [5.41, 5.74) is 1.53. The standard InChI is InChI=1S/C20H20BrN3O4/c1-13(25)23-16-7-6-15(21)11-17(16)24-20(26)4-3-9-28-18-8-5-14(12-22)10-19(18)27-2/h5-8,10-11H,3-4,9H2,1-2H3,(H,23,25)(H,24,26). The van der Waals surface area contributed by atoms with Gasteiger partial charge in [-0.2, -0.15) is 5.26 Å². The lowest BCUT2D eigenvalue weighted by molar-refractivity contribution is -0.116. The van der Waals surface area contributed by atoms with Crippen LogP contribution in [0.15, 0.2) is 40.9 Å². The molecular weight excluding hydrogens is 426 g/mol. The minimum atomic E-state index is -0.220. The van der Waals surface area contributed by atoms with Gasteiger partial charge in [-0.25, -0.2) is 0 Å². The summed E-state index contributed by atoms with van der Waals surface area (Å²) in [5.74, 6) is 0.571. The van der Waals surface area contributed by atoms with Crippen LogP contribution in [0.1, 0.15) is 25.3 Å². The zero-order valence-electron chi connectivity index (χ0n) is 15.5. The number of ether oxygens (including phenoxy) is 2. The highest BCUT2D eigenvalue weighted by Crippen LogP contribution is 2.28. The molecule has 0 aliphatic heterocycles. The maximum Gasteiger partial charge on any atom is 0.224 e. The Morgan fingerprint density at radius 3 is 2.57 bits per heavy atom. The lowest BCUT2D eigenvalue weighted by Gasteiger charge is -2.13. The molecule has 2 aromatic carbocycles. The minimum absolute atomic E-state index is 0.194. The number of anilines is 2. The third kappa shape index (κ3) is 6.28. The van der Waals surface area contributed by atoms with Gasteiger partial charge in [-0.3, -0.25) is 9.59 Å². The van der Waals surface area contributed by atoms with Crippen LogP contribution in [0.4, 0.5) is 11.4 Å². The van der Waals surface area contributed by atoms with E-state index in [1.807, 2.05) is 6.07 Å². The van der Waals surface area contributed by atoms with Crippen molar-refractivity contribution in [1.29, 1.82) is 5.26 Å². The number of nitrogens with one attached hydrogen (secondary N) is 2. The molecule has 0 saturated heterocycles. The summed E-state index contributed by atoms with van der Waals surface area (Å²) in [6.07, 6.45) is 0.725. The van der Waals surface area contributed by atoms with Crippen molar-refractivity contribution >= 4 is 39.1 Å². The summed E-state index contributed by atoms with van der Waals surface area (Å²) in [7, 11) is 1.50. The van der Waals surface area contributed by atoms with Gasteiger partial charge >= 0.3 is 0 Å². The second-order valence-corrected chi connectivity index (χ2v) is 6.76. The van der Waals surface area contributed by atoms with Crippen molar-refractivity contribution in [2.45, 2.75) is 19.8 Å². The normalized spacial score (nSPS) is 9.93. The second-order valence-electron chi connectivity index (χ2n) is 5.85. The molecule has 0 bridgehead atoms. The fraction of sp³-hybridized carbons (Fsp3) is 0.250. The van der Waals surface area contributed by atoms with E-state index in [1.54, 1.807) is 36.4 Å². The Kier molecular flexibility index (Phi) is 7.84. The van der Waals surface area contributed by atoms with E-state index >= 15 is 0 Å². The van der Waals surface area contributed by atoms with Gasteiger partial charge in [-0.15, -0.1) is 0 Å². The van der Waals surface area contributed by atoms with Crippen molar-refractivity contribution in [3.63, 3.8) is 0 Å². The van der Waals surface area contributed by atoms with Crippen LogP contribution in [-0.4, -0.2) is 25.5 Å². The van der Waals surface area contributed by atoms with E-state index in [0.717, 1.165) is 4.47 Å². The number of hydrogen-bond donors (Lipinski definition) is 2. The number of amides is 2. The zero-order chi connectivity index (χ0) is 20.5. The number of methoxy groups -OCH3 is 1. The first-order valence-electron chi connectivity index (χ1n) is 8.51. The molecule has 0 saturated carbocycles. The SMILES string of the molecule is COc1cc(C#N)ccc1OCCCC(=O)Nc1cc(Br)ccc1NC(C)=O. The molecule has 146 valence electrons. The quantitative estimate of drug-likeness (QED) is 0.595. The average molecular weight is 446 g/mol. The third-order valence-electron chi connectivity index (χ3n) is 3.66. The first-order valence-corrected chi connectivity index (χ1v) is 9.30. The first kappa shape index (κ1) is 21.3. The molecular formula is C20H20BrN3O4. The van der Waals surface area contributed by atoms with Crippen molar-refractivity contribution in [3.05, 3.63) is 46.4 Å². The first-order chi connectivity index (χ1) is 13.4. The number of hydrogen-bond acceptors (Lipinski definition) is 5. The Bertz CT molecular complexity index is 909. The number of nitriles is 1. The maximum atomic E-state index is 12.2. The molecule has 0 spiro atoms. The minimum Gasteiger partial charge on any atom is -0.493 e. The van der Waals surface area contributed by atoms with Crippen LogP contribution in [0.25, 0.3) is 0 Å². The molecule has 2 aromatic rings. The highest BCUT2D eigenvalue weighted by atomic mass is 79.9. The fourth-order valence-corrected chi connectivity index (χ4v) is 2.76. The van der Waals surface area contributed by atoms with Crippen molar-refractivity contribution in [2.24, 2.45) is 0 Å². The van der Waals surface area contributed by atoms with Crippen molar-refractivity contribution in [2.75, 3.05) is 24.4 Å². The Morgan fingerprint density at radius 2 is 1.89 bits per heavy atom. The average Bonchev–Trinajstić information content (AvgIpc) is 2.67. The topological polar surface area (TPSA) is 100 Å². The highest BCUT2D eigenvalue weighted by molar-refractivity contribution is 9.10. The molecule has 0 aliphatic rings. The monoisotopic (exact) mass is 445 g/mol. The van der Waals surface area contributed by atoms with E-state index in [0.29, 0.717) is 41.5 Å². The van der Waals surface area contributed by atoms with Crippen LogP contribution in [-0.2, 0) is 9.59 Å². The maximum absolute atomic E-state index is 12.2. The largest absolute Gasteiger partial charge is 0.493 e. The van der Waals surface area contributed by atoms with Crippen LogP contribution < -0.4 is 20.1 Å². The molecule has 8 heteroatoms. The van der Waals surface area contributed by atoms with Crippen LogP contribution in [0.3, 0.4) is 0 Å². The zero-order valence-corrected chi connectivity index (χ0v) is 17.1. The molecule has 0 aromatic heterocycles. The number of rotatable bonds is 8. The van der Waals surface area contributed by atoms with E-state index in [4.69, 9.17) is 14.7 Å². The Hall–Kier alpha value is -3.05. The molecule has 0 radical (unpaired) electrons. The molecule has 2 N–H and O–H groups in total. The van der Waals surface area contributed by atoms with Gasteiger partial charge in [0.25, 0.3) is 0 Å². The van der Waals surface area contributed by atoms with Gasteiger partial charge in [0.05, 0.1) is 36.7 Å². The smallest absolute Gasteiger partial charge is 0.224 e. The molecule has 7 nitrogen and oxygen atoms in total. The van der Waals surface area contributed by atoms with E-state index in [9.17, 15) is 9.59 Å². The molecule has 2 amide bonds. The summed E-state index contributed by atoms with van der Waals surface area (Å²) in [5, 5.41) is 14.4. The molecule has 0 aliphatic carbocycles. The third-order valence-corrected chi connectivity index (χ3v) is 4.16. The predicted molar refractivity (Wildman–Crippen MR) is 110 cm³/mol. The van der Waals surface area contributed by atoms with E-state index < -0.39 is 0 Å². The van der Waals surface area contributed by atoms with Gasteiger partial charge in [0, 0.05) is 23.9 Å². The van der Waals surface area contributed by atoms with Crippen LogP contribution in [0, 0.1) is 11.3 Å². The number of carbonyl (C=O) groups excluding carboxylic acids is 2.